The Balaban J connectivity index is 2.47. The second kappa shape index (κ2) is 8.66. The first kappa shape index (κ1) is 16.6. The molecule has 1 unspecified atom stereocenters. The minimum Gasteiger partial charge on any atom is -0.329 e. The summed E-state index contributed by atoms with van der Waals surface area (Å²) in [6, 6.07) is 2.38. The summed E-state index contributed by atoms with van der Waals surface area (Å²) in [6.45, 7) is 9.24. The van der Waals surface area contributed by atoms with Crippen LogP contribution in [0.4, 0.5) is 0 Å². The molecule has 0 aliphatic rings. The molecule has 0 spiro atoms. The number of likely N-dealkylation sites (N-methyl/N-ethyl adjacent to an activating group) is 1. The molecule has 3 nitrogen and oxygen atoms in total. The summed E-state index contributed by atoms with van der Waals surface area (Å²) < 4.78 is 2.23. The Labute approximate surface area is 130 Å². The van der Waals surface area contributed by atoms with Gasteiger partial charge in [0.1, 0.15) is 0 Å². The molecule has 18 heavy (non-hydrogen) atoms. The molecule has 1 aromatic heterocycles. The molecule has 0 saturated carbocycles. The summed E-state index contributed by atoms with van der Waals surface area (Å²) >= 11 is 8.77. The highest BCUT2D eigenvalue weighted by atomic mass is 79.9. The third kappa shape index (κ3) is 4.90. The molecule has 0 aliphatic heterocycles. The molecule has 0 fully saturated rings. The molecule has 1 aromatic rings. The van der Waals surface area contributed by atoms with E-state index in [0.29, 0.717) is 6.54 Å². The van der Waals surface area contributed by atoms with Crippen LogP contribution in [0.25, 0.3) is 0 Å². The SMILES string of the molecule is CCN(CC)CCNC(CN)c1cc(Br)c(Br)s1. The van der Waals surface area contributed by atoms with E-state index in [1.54, 1.807) is 11.3 Å². The third-order valence-corrected chi connectivity index (χ3v) is 6.33. The summed E-state index contributed by atoms with van der Waals surface area (Å²) in [5.74, 6) is 0. The highest BCUT2D eigenvalue weighted by Gasteiger charge is 2.14. The van der Waals surface area contributed by atoms with Crippen LogP contribution in [0.5, 0.6) is 0 Å². The number of rotatable bonds is 8. The van der Waals surface area contributed by atoms with Crippen LogP contribution in [0.3, 0.4) is 0 Å². The van der Waals surface area contributed by atoms with E-state index in [2.05, 4.69) is 62.0 Å². The topological polar surface area (TPSA) is 41.3 Å². The lowest BCUT2D eigenvalue weighted by Gasteiger charge is -2.21. The number of nitrogens with two attached hydrogens (primary N) is 1. The Bertz CT molecular complexity index is 334. The maximum atomic E-state index is 5.85. The Kier molecular flexibility index (Phi) is 7.98. The fourth-order valence-electron chi connectivity index (χ4n) is 1.77. The second-order valence-corrected chi connectivity index (χ2v) is 7.30. The number of halogens is 2. The molecule has 0 radical (unpaired) electrons. The van der Waals surface area contributed by atoms with Gasteiger partial charge in [0.25, 0.3) is 0 Å². The first-order valence-electron chi connectivity index (χ1n) is 6.22. The van der Waals surface area contributed by atoms with Crippen LogP contribution < -0.4 is 11.1 Å². The molecule has 1 atom stereocenters. The Morgan fingerprint density at radius 2 is 2.06 bits per heavy atom. The lowest BCUT2D eigenvalue weighted by Crippen LogP contribution is -2.35. The largest absolute Gasteiger partial charge is 0.329 e. The molecular formula is C12H21Br2N3S. The molecule has 0 amide bonds. The van der Waals surface area contributed by atoms with Gasteiger partial charge >= 0.3 is 0 Å². The zero-order valence-electron chi connectivity index (χ0n) is 10.9. The van der Waals surface area contributed by atoms with Crippen molar-refractivity contribution in [2.45, 2.75) is 19.9 Å². The van der Waals surface area contributed by atoms with Crippen molar-refractivity contribution in [1.29, 1.82) is 0 Å². The molecule has 3 N–H and O–H groups in total. The summed E-state index contributed by atoms with van der Waals surface area (Å²) in [4.78, 5) is 3.68. The van der Waals surface area contributed by atoms with Crippen LogP contribution in [-0.2, 0) is 0 Å². The van der Waals surface area contributed by atoms with Crippen molar-refractivity contribution in [3.8, 4) is 0 Å². The number of hydrogen-bond donors (Lipinski definition) is 2. The van der Waals surface area contributed by atoms with Crippen molar-refractivity contribution < 1.29 is 0 Å². The van der Waals surface area contributed by atoms with Gasteiger partial charge in [-0.15, -0.1) is 11.3 Å². The van der Waals surface area contributed by atoms with E-state index in [4.69, 9.17) is 5.73 Å². The monoisotopic (exact) mass is 397 g/mol. The van der Waals surface area contributed by atoms with E-state index >= 15 is 0 Å². The predicted octanol–water partition coefficient (Wildman–Crippen LogP) is 3.20. The fourth-order valence-corrected chi connectivity index (χ4v) is 3.95. The minimum atomic E-state index is 0.244. The summed E-state index contributed by atoms with van der Waals surface area (Å²) in [5.41, 5.74) is 5.85. The average molecular weight is 399 g/mol. The van der Waals surface area contributed by atoms with Crippen molar-refractivity contribution >= 4 is 43.2 Å². The van der Waals surface area contributed by atoms with Crippen LogP contribution in [-0.4, -0.2) is 37.6 Å². The standard InChI is InChI=1S/C12H21Br2N3S/c1-3-17(4-2)6-5-16-10(8-15)11-7-9(13)12(14)18-11/h7,10,16H,3-6,8,15H2,1-2H3. The van der Waals surface area contributed by atoms with Gasteiger partial charge in [0.2, 0.25) is 0 Å². The average Bonchev–Trinajstić information content (AvgIpc) is 2.70. The quantitative estimate of drug-likeness (QED) is 0.706. The molecule has 0 saturated heterocycles. The van der Waals surface area contributed by atoms with Crippen LogP contribution in [0.2, 0.25) is 0 Å². The molecule has 0 bridgehead atoms. The van der Waals surface area contributed by atoms with Crippen molar-refractivity contribution in [2.24, 2.45) is 5.73 Å². The number of hydrogen-bond acceptors (Lipinski definition) is 4. The van der Waals surface area contributed by atoms with E-state index < -0.39 is 0 Å². The highest BCUT2D eigenvalue weighted by Crippen LogP contribution is 2.35. The van der Waals surface area contributed by atoms with Crippen LogP contribution >= 0.6 is 43.2 Å². The van der Waals surface area contributed by atoms with Crippen molar-refractivity contribution in [3.05, 3.63) is 19.2 Å². The maximum absolute atomic E-state index is 5.85. The Morgan fingerprint density at radius 3 is 2.50 bits per heavy atom. The molecule has 104 valence electrons. The van der Waals surface area contributed by atoms with Gasteiger partial charge in [-0.2, -0.15) is 0 Å². The maximum Gasteiger partial charge on any atom is 0.0843 e. The molecule has 0 aromatic carbocycles. The summed E-state index contributed by atoms with van der Waals surface area (Å²) in [6.07, 6.45) is 0. The van der Waals surface area contributed by atoms with Gasteiger partial charge in [0.15, 0.2) is 0 Å². The number of thiophene rings is 1. The highest BCUT2D eigenvalue weighted by molar-refractivity contribution is 9.13. The number of nitrogens with zero attached hydrogens (tertiary/aromatic N) is 1. The Hall–Kier alpha value is 0.540. The van der Waals surface area contributed by atoms with Crippen LogP contribution in [0.1, 0.15) is 24.8 Å². The van der Waals surface area contributed by atoms with E-state index in [-0.39, 0.29) is 6.04 Å². The van der Waals surface area contributed by atoms with Gasteiger partial charge < -0.3 is 16.0 Å². The molecule has 6 heteroatoms. The molecule has 1 heterocycles. The van der Waals surface area contributed by atoms with E-state index in [1.807, 2.05) is 0 Å². The van der Waals surface area contributed by atoms with E-state index in [9.17, 15) is 0 Å². The van der Waals surface area contributed by atoms with Gasteiger partial charge in [-0.25, -0.2) is 0 Å². The van der Waals surface area contributed by atoms with Gasteiger partial charge in [0, 0.05) is 29.0 Å². The zero-order chi connectivity index (χ0) is 13.5. The minimum absolute atomic E-state index is 0.244. The molecular weight excluding hydrogens is 378 g/mol. The van der Waals surface area contributed by atoms with Crippen molar-refractivity contribution in [1.82, 2.24) is 10.2 Å². The molecule has 1 rings (SSSR count). The number of nitrogens with one attached hydrogen (secondary N) is 1. The third-order valence-electron chi connectivity index (χ3n) is 2.96. The van der Waals surface area contributed by atoms with Gasteiger partial charge in [-0.05, 0) is 51.0 Å². The van der Waals surface area contributed by atoms with Gasteiger partial charge in [-0.3, -0.25) is 0 Å². The smallest absolute Gasteiger partial charge is 0.0843 e. The van der Waals surface area contributed by atoms with Gasteiger partial charge in [0.05, 0.1) is 9.83 Å². The summed E-state index contributed by atoms with van der Waals surface area (Å²) in [7, 11) is 0. The van der Waals surface area contributed by atoms with Crippen molar-refractivity contribution in [2.75, 3.05) is 32.7 Å². The normalized spacial score (nSPS) is 13.2. The van der Waals surface area contributed by atoms with E-state index in [0.717, 1.165) is 34.4 Å². The first-order chi connectivity index (χ1) is 8.62. The van der Waals surface area contributed by atoms with Gasteiger partial charge in [-0.1, -0.05) is 13.8 Å². The molecule has 0 aliphatic carbocycles. The summed E-state index contributed by atoms with van der Waals surface area (Å²) in [5, 5.41) is 3.53. The predicted molar refractivity (Wildman–Crippen MR) is 87.3 cm³/mol. The van der Waals surface area contributed by atoms with Crippen LogP contribution in [0.15, 0.2) is 14.3 Å². The second-order valence-electron chi connectivity index (χ2n) is 4.04. The van der Waals surface area contributed by atoms with E-state index in [1.165, 1.54) is 4.88 Å². The lowest BCUT2D eigenvalue weighted by molar-refractivity contribution is 0.297. The van der Waals surface area contributed by atoms with Crippen LogP contribution in [0, 0.1) is 0 Å². The zero-order valence-corrected chi connectivity index (χ0v) is 14.9. The van der Waals surface area contributed by atoms with Crippen molar-refractivity contribution in [3.63, 3.8) is 0 Å². The Morgan fingerprint density at radius 1 is 1.39 bits per heavy atom. The fraction of sp³-hybridized carbons (Fsp3) is 0.667. The first-order valence-corrected chi connectivity index (χ1v) is 8.63. The lowest BCUT2D eigenvalue weighted by atomic mass is 10.2.